The Hall–Kier alpha value is -2.24. The molecule has 6 nitrogen and oxygen atoms in total. The lowest BCUT2D eigenvalue weighted by Crippen LogP contribution is -2.27. The highest BCUT2D eigenvalue weighted by molar-refractivity contribution is 5.88. The zero-order chi connectivity index (χ0) is 16.5. The van der Waals surface area contributed by atoms with Crippen molar-refractivity contribution < 1.29 is 4.79 Å². The van der Waals surface area contributed by atoms with Crippen molar-refractivity contribution in [3.05, 3.63) is 40.4 Å². The van der Waals surface area contributed by atoms with Crippen LogP contribution in [0.1, 0.15) is 39.5 Å². The van der Waals surface area contributed by atoms with Crippen molar-refractivity contribution in [2.75, 3.05) is 0 Å². The molecule has 22 heavy (non-hydrogen) atoms. The highest BCUT2D eigenvalue weighted by Gasteiger charge is 2.15. The first-order valence-electron chi connectivity index (χ1n) is 7.44. The fourth-order valence-electron chi connectivity index (χ4n) is 2.44. The fraction of sp³-hybridized carbons (Fsp3) is 0.500. The van der Waals surface area contributed by atoms with E-state index in [0.717, 1.165) is 12.0 Å². The predicted molar refractivity (Wildman–Crippen MR) is 89.0 cm³/mol. The van der Waals surface area contributed by atoms with Gasteiger partial charge in [0.1, 0.15) is 0 Å². The van der Waals surface area contributed by atoms with Crippen LogP contribution in [0, 0.1) is 10.8 Å². The second-order valence-electron chi connectivity index (χ2n) is 5.55. The summed E-state index contributed by atoms with van der Waals surface area (Å²) in [4.78, 5) is 25.4. The topological polar surface area (TPSA) is 111 Å². The molecule has 2 unspecified atom stereocenters. The van der Waals surface area contributed by atoms with Gasteiger partial charge in [-0.15, -0.1) is 4.91 Å². The monoisotopic (exact) mass is 304 g/mol. The van der Waals surface area contributed by atoms with Crippen LogP contribution in [-0.2, 0) is 4.79 Å². The molecule has 4 N–H and O–H groups in total. The SMILES string of the molecule is CC(/C=C/CC(C)C1=CCCC1)=C\C(N=C(N)N)C(=O)N=O. The van der Waals surface area contributed by atoms with Crippen LogP contribution >= 0.6 is 0 Å². The third-order valence-electron chi connectivity index (χ3n) is 3.63. The second-order valence-corrected chi connectivity index (χ2v) is 5.55. The van der Waals surface area contributed by atoms with Gasteiger partial charge in [-0.05, 0) is 44.6 Å². The van der Waals surface area contributed by atoms with Crippen molar-refractivity contribution in [3.8, 4) is 0 Å². The lowest BCUT2D eigenvalue weighted by atomic mass is 9.96. The summed E-state index contributed by atoms with van der Waals surface area (Å²) >= 11 is 0. The molecule has 6 heteroatoms. The summed E-state index contributed by atoms with van der Waals surface area (Å²) in [5, 5.41) is 2.37. The van der Waals surface area contributed by atoms with E-state index in [2.05, 4.69) is 29.2 Å². The molecule has 120 valence electrons. The second kappa shape index (κ2) is 8.92. The Morgan fingerprint density at radius 2 is 2.18 bits per heavy atom. The molecule has 0 aromatic rings. The molecule has 2 atom stereocenters. The molecule has 1 aliphatic rings. The van der Waals surface area contributed by atoms with Crippen molar-refractivity contribution in [3.63, 3.8) is 0 Å². The number of hydrogen-bond donors (Lipinski definition) is 2. The molecule has 0 bridgehead atoms. The number of carbonyl (C=O) groups is 1. The van der Waals surface area contributed by atoms with Gasteiger partial charge in [-0.1, -0.05) is 36.3 Å². The van der Waals surface area contributed by atoms with Gasteiger partial charge < -0.3 is 11.5 Å². The number of hydrogen-bond acceptors (Lipinski definition) is 3. The third-order valence-corrected chi connectivity index (χ3v) is 3.63. The zero-order valence-electron chi connectivity index (χ0n) is 13.2. The average Bonchev–Trinajstić information content (AvgIpc) is 2.99. The number of rotatable bonds is 7. The lowest BCUT2D eigenvalue weighted by molar-refractivity contribution is -0.118. The molecule has 0 aromatic carbocycles. The van der Waals surface area contributed by atoms with Crippen molar-refractivity contribution in [1.29, 1.82) is 0 Å². The number of nitroso groups, excluding NO2 is 1. The molecule has 0 saturated carbocycles. The van der Waals surface area contributed by atoms with Gasteiger partial charge in [0.15, 0.2) is 12.0 Å². The maximum Gasteiger partial charge on any atom is 0.314 e. The van der Waals surface area contributed by atoms with Crippen LogP contribution in [0.25, 0.3) is 0 Å². The van der Waals surface area contributed by atoms with E-state index in [9.17, 15) is 9.70 Å². The van der Waals surface area contributed by atoms with Gasteiger partial charge in [0, 0.05) is 5.18 Å². The third kappa shape index (κ3) is 6.03. The molecular formula is C16H24N4O2. The molecule has 1 aliphatic carbocycles. The highest BCUT2D eigenvalue weighted by atomic mass is 16.3. The summed E-state index contributed by atoms with van der Waals surface area (Å²) in [6, 6.07) is -1.05. The van der Waals surface area contributed by atoms with Crippen LogP contribution in [0.15, 0.2) is 45.6 Å². The molecule has 0 fully saturated rings. The number of amides is 1. The van der Waals surface area contributed by atoms with Gasteiger partial charge in [0.25, 0.3) is 0 Å². The summed E-state index contributed by atoms with van der Waals surface area (Å²) in [5.41, 5.74) is 12.8. The maximum atomic E-state index is 11.4. The van der Waals surface area contributed by atoms with Gasteiger partial charge in [-0.25, -0.2) is 4.99 Å². The highest BCUT2D eigenvalue weighted by Crippen LogP contribution is 2.27. The number of carbonyl (C=O) groups excluding carboxylic acids is 1. The van der Waals surface area contributed by atoms with Gasteiger partial charge >= 0.3 is 5.91 Å². The summed E-state index contributed by atoms with van der Waals surface area (Å²) in [5.74, 6) is -0.638. The smallest absolute Gasteiger partial charge is 0.314 e. The van der Waals surface area contributed by atoms with E-state index < -0.39 is 11.9 Å². The maximum absolute atomic E-state index is 11.4. The molecule has 0 aliphatic heterocycles. The first kappa shape index (κ1) is 17.8. The van der Waals surface area contributed by atoms with E-state index in [4.69, 9.17) is 11.5 Å². The first-order valence-corrected chi connectivity index (χ1v) is 7.44. The van der Waals surface area contributed by atoms with E-state index in [1.807, 2.05) is 13.0 Å². The van der Waals surface area contributed by atoms with Crippen molar-refractivity contribution in [1.82, 2.24) is 0 Å². The van der Waals surface area contributed by atoms with Crippen LogP contribution in [0.5, 0.6) is 0 Å². The largest absolute Gasteiger partial charge is 0.370 e. The standard InChI is InChI=1S/C16H24N4O2/c1-11(10-14(15(21)20-22)19-16(17)18)6-5-7-12(2)13-8-3-4-9-13/h5-6,8,10,12,14H,3-4,7,9H2,1-2H3,(H4,17,18,19)/b6-5+,11-10+. The normalized spacial score (nSPS) is 17.9. The summed E-state index contributed by atoms with van der Waals surface area (Å²) in [6.45, 7) is 4.03. The molecular weight excluding hydrogens is 280 g/mol. The number of guanidine groups is 1. The Labute approximate surface area is 131 Å². The van der Waals surface area contributed by atoms with Gasteiger partial charge in [-0.2, -0.15) is 0 Å². The van der Waals surface area contributed by atoms with Crippen molar-refractivity contribution in [2.24, 2.45) is 27.6 Å². The molecule has 0 saturated heterocycles. The van der Waals surface area contributed by atoms with Gasteiger partial charge in [-0.3, -0.25) is 4.79 Å². The van der Waals surface area contributed by atoms with Crippen molar-refractivity contribution >= 4 is 11.9 Å². The molecule has 0 heterocycles. The number of nitrogens with two attached hydrogens (primary N) is 2. The van der Waals surface area contributed by atoms with Crippen LogP contribution in [0.2, 0.25) is 0 Å². The van der Waals surface area contributed by atoms with E-state index in [0.29, 0.717) is 5.92 Å². The molecule has 0 radical (unpaired) electrons. The Morgan fingerprint density at radius 1 is 1.45 bits per heavy atom. The number of nitrogens with zero attached hydrogens (tertiary/aromatic N) is 2. The minimum Gasteiger partial charge on any atom is -0.370 e. The minimum atomic E-state index is -1.05. The quantitative estimate of drug-likeness (QED) is 0.247. The molecule has 1 amide bonds. The molecule has 0 aromatic heterocycles. The van der Waals surface area contributed by atoms with E-state index >= 15 is 0 Å². The number of allylic oxidation sites excluding steroid dienone is 5. The Morgan fingerprint density at radius 3 is 2.73 bits per heavy atom. The summed E-state index contributed by atoms with van der Waals surface area (Å²) in [6.07, 6.45) is 12.4. The summed E-state index contributed by atoms with van der Waals surface area (Å²) in [7, 11) is 0. The molecule has 0 spiro atoms. The fourth-order valence-corrected chi connectivity index (χ4v) is 2.44. The minimum absolute atomic E-state index is 0.253. The van der Waals surface area contributed by atoms with Crippen LogP contribution in [0.4, 0.5) is 0 Å². The average molecular weight is 304 g/mol. The Kier molecular flexibility index (Phi) is 7.22. The van der Waals surface area contributed by atoms with Crippen LogP contribution < -0.4 is 11.5 Å². The van der Waals surface area contributed by atoms with Crippen LogP contribution in [-0.4, -0.2) is 17.9 Å². The van der Waals surface area contributed by atoms with E-state index in [1.165, 1.54) is 30.9 Å². The first-order chi connectivity index (χ1) is 10.4. The van der Waals surface area contributed by atoms with Crippen molar-refractivity contribution in [2.45, 2.75) is 45.6 Å². The molecule has 1 rings (SSSR count). The van der Waals surface area contributed by atoms with Crippen LogP contribution in [0.3, 0.4) is 0 Å². The Bertz CT molecular complexity index is 528. The van der Waals surface area contributed by atoms with Gasteiger partial charge in [0.05, 0.1) is 0 Å². The lowest BCUT2D eigenvalue weighted by Gasteiger charge is -2.09. The van der Waals surface area contributed by atoms with Gasteiger partial charge in [0.2, 0.25) is 0 Å². The zero-order valence-corrected chi connectivity index (χ0v) is 13.2. The summed E-state index contributed by atoms with van der Waals surface area (Å²) < 4.78 is 0. The number of aliphatic imine (C=N–C) groups is 1. The Balaban J connectivity index is 2.65. The predicted octanol–water partition coefficient (Wildman–Crippen LogP) is 2.56. The van der Waals surface area contributed by atoms with E-state index in [1.54, 1.807) is 0 Å². The van der Waals surface area contributed by atoms with E-state index in [-0.39, 0.29) is 5.96 Å².